The predicted octanol–water partition coefficient (Wildman–Crippen LogP) is 3.17. The van der Waals surface area contributed by atoms with Crippen LogP contribution in [0.3, 0.4) is 0 Å². The third kappa shape index (κ3) is 6.51. The van der Waals surface area contributed by atoms with Gasteiger partial charge in [-0.3, -0.25) is 9.40 Å². The van der Waals surface area contributed by atoms with Crippen molar-refractivity contribution in [2.24, 2.45) is 5.41 Å². The summed E-state index contributed by atoms with van der Waals surface area (Å²) in [6.07, 6.45) is -0.911. The second-order valence-electron chi connectivity index (χ2n) is 7.49. The van der Waals surface area contributed by atoms with Gasteiger partial charge in [-0.05, 0) is 40.0 Å². The van der Waals surface area contributed by atoms with E-state index in [2.05, 4.69) is 4.74 Å². The van der Waals surface area contributed by atoms with E-state index in [4.69, 9.17) is 9.36 Å². The molecule has 3 unspecified atom stereocenters. The van der Waals surface area contributed by atoms with Crippen molar-refractivity contribution in [3.05, 3.63) is 0 Å². The van der Waals surface area contributed by atoms with Crippen LogP contribution in [0.25, 0.3) is 0 Å². The molecule has 0 aliphatic heterocycles. The van der Waals surface area contributed by atoms with Crippen molar-refractivity contribution < 1.29 is 28.4 Å². The highest BCUT2D eigenvalue weighted by Crippen LogP contribution is 2.57. The average molecular weight is 353 g/mol. The monoisotopic (exact) mass is 353 g/mol. The number of hydroxylamine groups is 2. The highest BCUT2D eigenvalue weighted by atomic mass is 31.2. The molecule has 0 aromatic heterocycles. The molecule has 8 heteroatoms. The number of rotatable bonds is 7. The van der Waals surface area contributed by atoms with Crippen LogP contribution in [-0.4, -0.2) is 47.1 Å². The van der Waals surface area contributed by atoms with Crippen LogP contribution in [0.15, 0.2) is 0 Å². The third-order valence-corrected chi connectivity index (χ3v) is 5.32. The van der Waals surface area contributed by atoms with Crippen molar-refractivity contribution >= 4 is 13.6 Å². The van der Waals surface area contributed by atoms with Crippen molar-refractivity contribution in [3.8, 4) is 0 Å². The number of methoxy groups -OCH3 is 1. The lowest BCUT2D eigenvalue weighted by Crippen LogP contribution is -2.55. The van der Waals surface area contributed by atoms with Gasteiger partial charge in [0.15, 0.2) is 6.10 Å². The van der Waals surface area contributed by atoms with Crippen LogP contribution in [0.2, 0.25) is 0 Å². The zero-order valence-corrected chi connectivity index (χ0v) is 16.6. The first-order chi connectivity index (χ1) is 10.2. The molecule has 3 atom stereocenters. The Bertz CT molecular complexity index is 440. The molecule has 0 saturated heterocycles. The molecule has 0 bridgehead atoms. The van der Waals surface area contributed by atoms with E-state index < -0.39 is 36.4 Å². The quantitative estimate of drug-likeness (QED) is 0.427. The fraction of sp³-hybridized carbons (Fsp3) is 0.933. The molecule has 0 aromatic rings. The van der Waals surface area contributed by atoms with E-state index in [1.54, 1.807) is 6.92 Å². The number of carbonyl (C=O) groups is 1. The van der Waals surface area contributed by atoms with Gasteiger partial charge in [-0.2, -0.15) is 5.06 Å². The summed E-state index contributed by atoms with van der Waals surface area (Å²) < 4.78 is 22.6. The third-order valence-electron chi connectivity index (χ3n) is 3.09. The number of esters is 1. The minimum absolute atomic E-state index is 0.102. The van der Waals surface area contributed by atoms with E-state index in [1.807, 2.05) is 41.5 Å². The van der Waals surface area contributed by atoms with E-state index in [0.717, 1.165) is 0 Å². The molecule has 0 fully saturated rings. The van der Waals surface area contributed by atoms with Crippen molar-refractivity contribution in [2.75, 3.05) is 13.7 Å². The molecule has 7 nitrogen and oxygen atoms in total. The van der Waals surface area contributed by atoms with E-state index >= 15 is 0 Å². The molecular weight excluding hydrogens is 321 g/mol. The van der Waals surface area contributed by atoms with E-state index in [0.29, 0.717) is 0 Å². The molecule has 0 aliphatic rings. The van der Waals surface area contributed by atoms with Gasteiger partial charge in [0.2, 0.25) is 0 Å². The van der Waals surface area contributed by atoms with Crippen LogP contribution in [-0.2, 0) is 23.5 Å². The number of hydrogen-bond donors (Lipinski definition) is 1. The summed E-state index contributed by atoms with van der Waals surface area (Å²) in [6.45, 7) is 14.3. The van der Waals surface area contributed by atoms with Gasteiger partial charge in [0.05, 0.1) is 13.7 Å². The lowest BCUT2D eigenvalue weighted by molar-refractivity contribution is -0.262. The SMILES string of the molecule is CCOP(=O)(O)C(N(OC(C)C(=O)OC)C(C)(C)C)C(C)(C)C. The largest absolute Gasteiger partial charge is 0.467 e. The van der Waals surface area contributed by atoms with Gasteiger partial charge in [0.25, 0.3) is 0 Å². The lowest BCUT2D eigenvalue weighted by atomic mass is 9.94. The van der Waals surface area contributed by atoms with Crippen LogP contribution in [0.1, 0.15) is 55.4 Å². The van der Waals surface area contributed by atoms with Gasteiger partial charge in [-0.1, -0.05) is 20.8 Å². The maximum Gasteiger partial charge on any atom is 0.348 e. The molecule has 0 radical (unpaired) electrons. The Kier molecular flexibility index (Phi) is 7.92. The molecule has 0 saturated carbocycles. The zero-order valence-electron chi connectivity index (χ0n) is 15.7. The average Bonchev–Trinajstić information content (AvgIpc) is 2.33. The number of carbonyl (C=O) groups excluding carboxylic acids is 1. The summed E-state index contributed by atoms with van der Waals surface area (Å²) in [4.78, 5) is 27.9. The standard InChI is InChI=1S/C15H32NO6P/c1-10-21-23(18,19)13(14(3,4)5)16(15(6,7)8)22-11(2)12(17)20-9/h11,13H,10H2,1-9H3,(H,18,19). The zero-order chi connectivity index (χ0) is 18.6. The number of nitrogens with zero attached hydrogens (tertiary/aromatic N) is 1. The first kappa shape index (κ1) is 22.5. The fourth-order valence-electron chi connectivity index (χ4n) is 2.19. The summed E-state index contributed by atoms with van der Waals surface area (Å²) >= 11 is 0. The van der Waals surface area contributed by atoms with Crippen LogP contribution in [0.5, 0.6) is 0 Å². The number of ether oxygens (including phenoxy) is 1. The predicted molar refractivity (Wildman–Crippen MR) is 88.8 cm³/mol. The van der Waals surface area contributed by atoms with E-state index in [9.17, 15) is 14.3 Å². The van der Waals surface area contributed by atoms with Crippen molar-refractivity contribution in [1.29, 1.82) is 0 Å². The van der Waals surface area contributed by atoms with Crippen LogP contribution in [0.4, 0.5) is 0 Å². The maximum absolute atomic E-state index is 12.8. The molecular formula is C15H32NO6P. The fourth-order valence-corrected chi connectivity index (χ4v) is 4.35. The summed E-state index contributed by atoms with van der Waals surface area (Å²) in [7, 11) is -2.76. The van der Waals surface area contributed by atoms with Crippen LogP contribution >= 0.6 is 7.60 Å². The molecule has 0 amide bonds. The Labute approximate surface area is 139 Å². The summed E-state index contributed by atoms with van der Waals surface area (Å²) in [5.74, 6) is -1.52. The van der Waals surface area contributed by atoms with E-state index in [-0.39, 0.29) is 6.61 Å². The van der Waals surface area contributed by atoms with Gasteiger partial charge in [0.1, 0.15) is 5.78 Å². The topological polar surface area (TPSA) is 85.3 Å². The Morgan fingerprint density at radius 3 is 2.00 bits per heavy atom. The normalized spacial score (nSPS) is 18.4. The van der Waals surface area contributed by atoms with Crippen molar-refractivity contribution in [2.45, 2.75) is 72.8 Å². The first-order valence-corrected chi connectivity index (χ1v) is 9.34. The van der Waals surface area contributed by atoms with Gasteiger partial charge < -0.3 is 14.2 Å². The van der Waals surface area contributed by atoms with Gasteiger partial charge in [-0.25, -0.2) is 4.79 Å². The molecule has 0 heterocycles. The Balaban J connectivity index is 5.88. The smallest absolute Gasteiger partial charge is 0.348 e. The maximum atomic E-state index is 12.8. The van der Waals surface area contributed by atoms with Gasteiger partial charge in [-0.15, -0.1) is 0 Å². The van der Waals surface area contributed by atoms with Gasteiger partial charge in [0, 0.05) is 5.54 Å². The van der Waals surface area contributed by atoms with Crippen LogP contribution in [0, 0.1) is 5.41 Å². The summed E-state index contributed by atoms with van der Waals surface area (Å²) in [5.41, 5.74) is -1.28. The molecule has 138 valence electrons. The molecule has 0 aromatic carbocycles. The molecule has 0 spiro atoms. The highest BCUT2D eigenvalue weighted by molar-refractivity contribution is 7.53. The summed E-state index contributed by atoms with van der Waals surface area (Å²) in [5, 5.41) is 1.39. The highest BCUT2D eigenvalue weighted by Gasteiger charge is 2.50. The second-order valence-corrected chi connectivity index (χ2v) is 9.36. The Morgan fingerprint density at radius 1 is 1.22 bits per heavy atom. The second kappa shape index (κ2) is 8.08. The van der Waals surface area contributed by atoms with Crippen molar-refractivity contribution in [1.82, 2.24) is 5.06 Å². The lowest BCUT2D eigenvalue weighted by Gasteiger charge is -2.47. The minimum atomic E-state index is -4.02. The van der Waals surface area contributed by atoms with E-state index in [1.165, 1.54) is 19.1 Å². The van der Waals surface area contributed by atoms with Crippen molar-refractivity contribution in [3.63, 3.8) is 0 Å². The first-order valence-electron chi connectivity index (χ1n) is 7.69. The van der Waals surface area contributed by atoms with Gasteiger partial charge >= 0.3 is 13.6 Å². The molecule has 0 aliphatic carbocycles. The summed E-state index contributed by atoms with van der Waals surface area (Å²) in [6, 6.07) is 0. The Morgan fingerprint density at radius 2 is 1.70 bits per heavy atom. The molecule has 23 heavy (non-hydrogen) atoms. The Hall–Kier alpha value is -0.460. The van der Waals surface area contributed by atoms with Crippen LogP contribution < -0.4 is 0 Å². The molecule has 0 rings (SSSR count). The minimum Gasteiger partial charge on any atom is -0.467 e. The number of hydrogen-bond acceptors (Lipinski definition) is 6. The molecule has 1 N–H and O–H groups in total.